The lowest BCUT2D eigenvalue weighted by Gasteiger charge is -2.15. The number of rotatable bonds is 4. The minimum absolute atomic E-state index is 0.284. The summed E-state index contributed by atoms with van der Waals surface area (Å²) in [4.78, 5) is 0.284. The zero-order valence-corrected chi connectivity index (χ0v) is 14.3. The van der Waals surface area contributed by atoms with Gasteiger partial charge in [-0.05, 0) is 60.7 Å². The summed E-state index contributed by atoms with van der Waals surface area (Å²) in [6, 6.07) is 12.4. The number of halogens is 2. The molecule has 20 heavy (non-hydrogen) atoms. The summed E-state index contributed by atoms with van der Waals surface area (Å²) in [7, 11) is 1.68. The predicted octanol–water partition coefficient (Wildman–Crippen LogP) is 5.64. The highest BCUT2D eigenvalue weighted by Gasteiger charge is 2.13. The van der Waals surface area contributed by atoms with Crippen molar-refractivity contribution < 1.29 is 4.74 Å². The fourth-order valence-corrected chi connectivity index (χ4v) is 3.30. The Hall–Kier alpha value is -0.990. The first kappa shape index (κ1) is 15.4. The van der Waals surface area contributed by atoms with E-state index < -0.39 is 0 Å². The minimum atomic E-state index is 0.284. The molecule has 106 valence electrons. The molecule has 0 saturated carbocycles. The molecule has 0 aliphatic heterocycles. The first-order chi connectivity index (χ1) is 9.51. The Morgan fingerprint density at radius 1 is 1.10 bits per heavy atom. The highest BCUT2D eigenvalue weighted by molar-refractivity contribution is 9.09. The van der Waals surface area contributed by atoms with Crippen LogP contribution in [0.2, 0.25) is 5.02 Å². The van der Waals surface area contributed by atoms with Gasteiger partial charge in [0.1, 0.15) is 5.75 Å². The normalized spacial score (nSPS) is 12.2. The molecule has 0 N–H and O–H groups in total. The Morgan fingerprint density at radius 2 is 1.75 bits per heavy atom. The van der Waals surface area contributed by atoms with Crippen LogP contribution in [0.15, 0.2) is 36.4 Å². The average molecular weight is 354 g/mol. The van der Waals surface area contributed by atoms with Crippen molar-refractivity contribution in [1.82, 2.24) is 0 Å². The number of hydrogen-bond donors (Lipinski definition) is 0. The summed E-state index contributed by atoms with van der Waals surface area (Å²) >= 11 is 9.95. The van der Waals surface area contributed by atoms with Crippen molar-refractivity contribution in [1.29, 1.82) is 0 Å². The summed E-state index contributed by atoms with van der Waals surface area (Å²) in [5, 5.41) is 0.829. The number of benzene rings is 2. The van der Waals surface area contributed by atoms with Crippen LogP contribution in [-0.4, -0.2) is 7.11 Å². The lowest BCUT2D eigenvalue weighted by atomic mass is 9.98. The second-order valence-electron chi connectivity index (χ2n) is 4.98. The average Bonchev–Trinajstić information content (AvgIpc) is 2.43. The molecule has 0 aromatic heterocycles. The summed E-state index contributed by atoms with van der Waals surface area (Å²) in [6.07, 6.45) is 0.936. The molecule has 0 aliphatic carbocycles. The van der Waals surface area contributed by atoms with E-state index in [0.717, 1.165) is 22.8 Å². The van der Waals surface area contributed by atoms with Crippen molar-refractivity contribution in [3.63, 3.8) is 0 Å². The van der Waals surface area contributed by atoms with Crippen molar-refractivity contribution in [2.45, 2.75) is 25.1 Å². The predicted molar refractivity (Wildman–Crippen MR) is 89.3 cm³/mol. The van der Waals surface area contributed by atoms with Gasteiger partial charge >= 0.3 is 0 Å². The van der Waals surface area contributed by atoms with E-state index in [0.29, 0.717) is 0 Å². The highest BCUT2D eigenvalue weighted by atomic mass is 79.9. The van der Waals surface area contributed by atoms with Gasteiger partial charge in [-0.1, -0.05) is 45.7 Å². The molecule has 0 fully saturated rings. The van der Waals surface area contributed by atoms with Crippen LogP contribution in [0.1, 0.15) is 27.1 Å². The van der Waals surface area contributed by atoms with Crippen LogP contribution in [0.5, 0.6) is 5.75 Å². The Kier molecular flexibility index (Phi) is 5.11. The Bertz CT molecular complexity index is 593. The van der Waals surface area contributed by atoms with E-state index in [2.05, 4.69) is 41.1 Å². The summed E-state index contributed by atoms with van der Waals surface area (Å²) < 4.78 is 5.18. The maximum atomic E-state index is 6.15. The zero-order valence-electron chi connectivity index (χ0n) is 11.9. The van der Waals surface area contributed by atoms with Crippen LogP contribution in [0.4, 0.5) is 0 Å². The molecule has 0 heterocycles. The van der Waals surface area contributed by atoms with Gasteiger partial charge in [0.2, 0.25) is 0 Å². The second-order valence-corrected chi connectivity index (χ2v) is 6.49. The third-order valence-corrected chi connectivity index (χ3v) is 4.68. The van der Waals surface area contributed by atoms with Gasteiger partial charge in [0.05, 0.1) is 7.11 Å². The van der Waals surface area contributed by atoms with E-state index in [-0.39, 0.29) is 4.83 Å². The van der Waals surface area contributed by atoms with Crippen molar-refractivity contribution >= 4 is 27.5 Å². The van der Waals surface area contributed by atoms with Gasteiger partial charge in [-0.2, -0.15) is 0 Å². The fourth-order valence-electron chi connectivity index (χ4n) is 2.22. The molecule has 0 aliphatic rings. The quantitative estimate of drug-likeness (QED) is 0.646. The van der Waals surface area contributed by atoms with Crippen molar-refractivity contribution in [2.75, 3.05) is 7.11 Å². The molecular weight excluding hydrogens is 336 g/mol. The van der Waals surface area contributed by atoms with Crippen LogP contribution in [0.3, 0.4) is 0 Å². The van der Waals surface area contributed by atoms with E-state index in [4.69, 9.17) is 16.3 Å². The Balaban J connectivity index is 2.18. The fraction of sp³-hybridized carbons (Fsp3) is 0.294. The van der Waals surface area contributed by atoms with Gasteiger partial charge in [-0.3, -0.25) is 0 Å². The van der Waals surface area contributed by atoms with E-state index in [1.54, 1.807) is 7.11 Å². The SMILES string of the molecule is COc1ccc(CC(Br)c2cc(C)c(Cl)cc2C)cc1. The molecule has 0 amide bonds. The monoisotopic (exact) mass is 352 g/mol. The highest BCUT2D eigenvalue weighted by Crippen LogP contribution is 2.32. The van der Waals surface area contributed by atoms with Crippen LogP contribution in [0.25, 0.3) is 0 Å². The van der Waals surface area contributed by atoms with E-state index >= 15 is 0 Å². The van der Waals surface area contributed by atoms with Crippen molar-refractivity contribution in [3.05, 3.63) is 63.7 Å². The molecule has 1 atom stereocenters. The maximum Gasteiger partial charge on any atom is 0.118 e. The first-order valence-corrected chi connectivity index (χ1v) is 7.84. The van der Waals surface area contributed by atoms with E-state index in [1.807, 2.05) is 25.1 Å². The molecule has 2 aromatic carbocycles. The van der Waals surface area contributed by atoms with Crippen LogP contribution >= 0.6 is 27.5 Å². The minimum Gasteiger partial charge on any atom is -0.497 e. The largest absolute Gasteiger partial charge is 0.497 e. The molecule has 3 heteroatoms. The lowest BCUT2D eigenvalue weighted by molar-refractivity contribution is 0.414. The Labute approximate surface area is 134 Å². The molecular formula is C17H18BrClO. The maximum absolute atomic E-state index is 6.15. The van der Waals surface area contributed by atoms with Crippen LogP contribution < -0.4 is 4.74 Å². The number of methoxy groups -OCH3 is 1. The lowest BCUT2D eigenvalue weighted by Crippen LogP contribution is -1.99. The first-order valence-electron chi connectivity index (χ1n) is 6.55. The zero-order chi connectivity index (χ0) is 14.7. The van der Waals surface area contributed by atoms with E-state index in [9.17, 15) is 0 Å². The molecule has 1 unspecified atom stereocenters. The molecule has 1 nitrogen and oxygen atoms in total. The standard InChI is InChI=1S/C17H18BrClO/c1-11-9-17(19)12(2)8-15(11)16(18)10-13-4-6-14(20-3)7-5-13/h4-9,16H,10H2,1-3H3. The molecule has 2 rings (SSSR count). The van der Waals surface area contributed by atoms with Gasteiger partial charge in [0.25, 0.3) is 0 Å². The number of aryl methyl sites for hydroxylation is 2. The third kappa shape index (κ3) is 3.56. The van der Waals surface area contributed by atoms with Crippen molar-refractivity contribution in [3.8, 4) is 5.75 Å². The van der Waals surface area contributed by atoms with Crippen LogP contribution in [0, 0.1) is 13.8 Å². The van der Waals surface area contributed by atoms with E-state index in [1.165, 1.54) is 16.7 Å². The molecule has 0 radical (unpaired) electrons. The molecule has 0 spiro atoms. The molecule has 0 saturated heterocycles. The Morgan fingerprint density at radius 3 is 2.35 bits per heavy atom. The smallest absolute Gasteiger partial charge is 0.118 e. The number of alkyl halides is 1. The molecule has 0 bridgehead atoms. The van der Waals surface area contributed by atoms with Crippen molar-refractivity contribution in [2.24, 2.45) is 0 Å². The van der Waals surface area contributed by atoms with Gasteiger partial charge in [-0.25, -0.2) is 0 Å². The molecule has 2 aromatic rings. The van der Waals surface area contributed by atoms with Crippen LogP contribution in [-0.2, 0) is 6.42 Å². The third-order valence-electron chi connectivity index (χ3n) is 3.46. The second kappa shape index (κ2) is 6.64. The summed E-state index contributed by atoms with van der Waals surface area (Å²) in [5.74, 6) is 0.887. The number of hydrogen-bond acceptors (Lipinski definition) is 1. The van der Waals surface area contributed by atoms with Gasteiger partial charge in [0, 0.05) is 9.85 Å². The number of ether oxygens (including phenoxy) is 1. The van der Waals surface area contributed by atoms with Gasteiger partial charge in [0.15, 0.2) is 0 Å². The van der Waals surface area contributed by atoms with Gasteiger partial charge < -0.3 is 4.74 Å². The van der Waals surface area contributed by atoms with Gasteiger partial charge in [-0.15, -0.1) is 0 Å². The summed E-state index contributed by atoms with van der Waals surface area (Å²) in [6.45, 7) is 4.14. The summed E-state index contributed by atoms with van der Waals surface area (Å²) in [5.41, 5.74) is 4.91. The topological polar surface area (TPSA) is 9.23 Å².